The Bertz CT molecular complexity index is 236. The highest BCUT2D eigenvalue weighted by molar-refractivity contribution is 9.09. The van der Waals surface area contributed by atoms with Crippen molar-refractivity contribution in [2.45, 2.75) is 6.42 Å². The molecule has 1 heterocycles. The third kappa shape index (κ3) is 3.00. The molecule has 0 aliphatic carbocycles. The van der Waals surface area contributed by atoms with E-state index in [1.54, 1.807) is 0 Å². The summed E-state index contributed by atoms with van der Waals surface area (Å²) in [7, 11) is 0. The standard InChI is InChI=1S/C6H9BrN4O/c7-3-6(12)8-2-1-5-9-4-10-11-5/h4H,1-3H2,(H,8,12)(H,9,10,11). The van der Waals surface area contributed by atoms with Crippen molar-refractivity contribution >= 4 is 21.8 Å². The maximum atomic E-state index is 10.7. The summed E-state index contributed by atoms with van der Waals surface area (Å²) in [5, 5.41) is 9.42. The Morgan fingerprint density at radius 3 is 3.17 bits per heavy atom. The van der Waals surface area contributed by atoms with E-state index in [9.17, 15) is 4.79 Å². The third-order valence-corrected chi connectivity index (χ3v) is 1.78. The number of amides is 1. The number of carbonyl (C=O) groups excluding carboxylic acids is 1. The molecule has 0 saturated heterocycles. The van der Waals surface area contributed by atoms with Crippen molar-refractivity contribution in [3.63, 3.8) is 0 Å². The molecule has 1 aromatic rings. The van der Waals surface area contributed by atoms with Gasteiger partial charge in [-0.2, -0.15) is 5.10 Å². The lowest BCUT2D eigenvalue weighted by atomic mass is 10.4. The molecule has 1 amide bonds. The van der Waals surface area contributed by atoms with Crippen LogP contribution in [0.3, 0.4) is 0 Å². The van der Waals surface area contributed by atoms with Gasteiger partial charge in [0.15, 0.2) is 0 Å². The Kier molecular flexibility index (Phi) is 3.72. The van der Waals surface area contributed by atoms with Gasteiger partial charge in [0.05, 0.1) is 5.33 Å². The van der Waals surface area contributed by atoms with Crippen molar-refractivity contribution in [3.8, 4) is 0 Å². The first kappa shape index (κ1) is 9.18. The molecule has 0 unspecified atom stereocenters. The maximum absolute atomic E-state index is 10.7. The van der Waals surface area contributed by atoms with Crippen LogP contribution in [0.15, 0.2) is 6.33 Å². The molecule has 0 aliphatic rings. The Morgan fingerprint density at radius 1 is 1.75 bits per heavy atom. The van der Waals surface area contributed by atoms with Crippen LogP contribution in [-0.2, 0) is 11.2 Å². The summed E-state index contributed by atoms with van der Waals surface area (Å²) >= 11 is 3.05. The van der Waals surface area contributed by atoms with Crippen LogP contribution in [0, 0.1) is 0 Å². The molecule has 6 heteroatoms. The molecular formula is C6H9BrN4O. The molecule has 1 rings (SSSR count). The fourth-order valence-electron chi connectivity index (χ4n) is 0.719. The van der Waals surface area contributed by atoms with Crippen LogP contribution in [0.5, 0.6) is 0 Å². The summed E-state index contributed by atoms with van der Waals surface area (Å²) in [6.07, 6.45) is 2.13. The molecular weight excluding hydrogens is 224 g/mol. The van der Waals surface area contributed by atoms with Crippen molar-refractivity contribution in [2.75, 3.05) is 11.9 Å². The lowest BCUT2D eigenvalue weighted by Gasteiger charge is -1.99. The van der Waals surface area contributed by atoms with Gasteiger partial charge >= 0.3 is 0 Å². The average Bonchev–Trinajstić information content (AvgIpc) is 2.57. The predicted molar refractivity (Wildman–Crippen MR) is 46.9 cm³/mol. The van der Waals surface area contributed by atoms with E-state index in [4.69, 9.17) is 0 Å². The molecule has 5 nitrogen and oxygen atoms in total. The average molecular weight is 233 g/mol. The van der Waals surface area contributed by atoms with E-state index < -0.39 is 0 Å². The molecule has 0 fully saturated rings. The van der Waals surface area contributed by atoms with Crippen LogP contribution in [0.2, 0.25) is 0 Å². The number of hydrogen-bond donors (Lipinski definition) is 2. The summed E-state index contributed by atoms with van der Waals surface area (Å²) in [5.41, 5.74) is 0. The smallest absolute Gasteiger partial charge is 0.230 e. The quantitative estimate of drug-likeness (QED) is 0.711. The van der Waals surface area contributed by atoms with Gasteiger partial charge in [-0.05, 0) is 0 Å². The van der Waals surface area contributed by atoms with Crippen LogP contribution < -0.4 is 5.32 Å². The summed E-state index contributed by atoms with van der Waals surface area (Å²) < 4.78 is 0. The van der Waals surface area contributed by atoms with Gasteiger partial charge < -0.3 is 5.32 Å². The molecule has 0 aromatic carbocycles. The first-order chi connectivity index (χ1) is 5.83. The monoisotopic (exact) mass is 232 g/mol. The molecule has 12 heavy (non-hydrogen) atoms. The number of aromatic nitrogens is 3. The SMILES string of the molecule is O=C(CBr)NCCc1ncn[nH]1. The van der Waals surface area contributed by atoms with Crippen molar-refractivity contribution in [3.05, 3.63) is 12.2 Å². The predicted octanol–water partition coefficient (Wildman–Crippen LogP) is -0.142. The van der Waals surface area contributed by atoms with Crippen LogP contribution in [0.1, 0.15) is 5.82 Å². The van der Waals surface area contributed by atoms with E-state index in [0.717, 1.165) is 5.82 Å². The third-order valence-electron chi connectivity index (χ3n) is 1.27. The van der Waals surface area contributed by atoms with Crippen molar-refractivity contribution in [1.29, 1.82) is 0 Å². The van der Waals surface area contributed by atoms with Crippen molar-refractivity contribution in [2.24, 2.45) is 0 Å². The Morgan fingerprint density at radius 2 is 2.58 bits per heavy atom. The van der Waals surface area contributed by atoms with E-state index in [-0.39, 0.29) is 5.91 Å². The summed E-state index contributed by atoms with van der Waals surface area (Å²) in [6, 6.07) is 0. The molecule has 66 valence electrons. The molecule has 0 bridgehead atoms. The highest BCUT2D eigenvalue weighted by Gasteiger charge is 1.98. The Hall–Kier alpha value is -0.910. The van der Waals surface area contributed by atoms with E-state index in [2.05, 4.69) is 36.4 Å². The number of nitrogens with one attached hydrogen (secondary N) is 2. The van der Waals surface area contributed by atoms with Crippen LogP contribution in [0.25, 0.3) is 0 Å². The number of rotatable bonds is 4. The minimum Gasteiger partial charge on any atom is -0.355 e. The zero-order valence-corrected chi connectivity index (χ0v) is 7.97. The van der Waals surface area contributed by atoms with Gasteiger partial charge in [-0.15, -0.1) is 0 Å². The van der Waals surface area contributed by atoms with Crippen LogP contribution >= 0.6 is 15.9 Å². The van der Waals surface area contributed by atoms with Gasteiger partial charge in [0.25, 0.3) is 0 Å². The van der Waals surface area contributed by atoms with Gasteiger partial charge in [0.1, 0.15) is 12.2 Å². The molecule has 2 N–H and O–H groups in total. The van der Waals surface area contributed by atoms with E-state index in [0.29, 0.717) is 18.3 Å². The minimum atomic E-state index is -0.0190. The highest BCUT2D eigenvalue weighted by Crippen LogP contribution is 1.85. The zero-order chi connectivity index (χ0) is 8.81. The van der Waals surface area contributed by atoms with Crippen molar-refractivity contribution in [1.82, 2.24) is 20.5 Å². The summed E-state index contributed by atoms with van der Waals surface area (Å²) in [5.74, 6) is 0.763. The second-order valence-corrected chi connectivity index (χ2v) is 2.73. The van der Waals surface area contributed by atoms with Crippen molar-refractivity contribution < 1.29 is 4.79 Å². The second kappa shape index (κ2) is 4.87. The number of halogens is 1. The van der Waals surface area contributed by atoms with E-state index in [1.807, 2.05) is 0 Å². The normalized spacial score (nSPS) is 9.75. The number of aromatic amines is 1. The molecule has 0 atom stereocenters. The highest BCUT2D eigenvalue weighted by atomic mass is 79.9. The van der Waals surface area contributed by atoms with Crippen LogP contribution in [-0.4, -0.2) is 33.0 Å². The molecule has 0 saturated carbocycles. The first-order valence-electron chi connectivity index (χ1n) is 3.50. The van der Waals surface area contributed by atoms with Gasteiger partial charge in [0.2, 0.25) is 5.91 Å². The molecule has 0 aliphatic heterocycles. The lowest BCUT2D eigenvalue weighted by molar-refractivity contribution is -0.118. The minimum absolute atomic E-state index is 0.0190. The number of H-pyrrole nitrogens is 1. The van der Waals surface area contributed by atoms with Gasteiger partial charge in [-0.1, -0.05) is 15.9 Å². The molecule has 0 spiro atoms. The van der Waals surface area contributed by atoms with E-state index in [1.165, 1.54) is 6.33 Å². The van der Waals surface area contributed by atoms with Crippen LogP contribution in [0.4, 0.5) is 0 Å². The zero-order valence-electron chi connectivity index (χ0n) is 6.38. The maximum Gasteiger partial charge on any atom is 0.230 e. The topological polar surface area (TPSA) is 70.7 Å². The van der Waals surface area contributed by atoms with Gasteiger partial charge in [0, 0.05) is 13.0 Å². The summed E-state index contributed by atoms with van der Waals surface area (Å²) in [6.45, 7) is 0.583. The number of alkyl halides is 1. The fraction of sp³-hybridized carbons (Fsp3) is 0.500. The summed E-state index contributed by atoms with van der Waals surface area (Å²) in [4.78, 5) is 14.6. The number of carbonyl (C=O) groups is 1. The lowest BCUT2D eigenvalue weighted by Crippen LogP contribution is -2.26. The van der Waals surface area contributed by atoms with Gasteiger partial charge in [-0.25, -0.2) is 4.98 Å². The first-order valence-corrected chi connectivity index (χ1v) is 4.62. The van der Waals surface area contributed by atoms with E-state index >= 15 is 0 Å². The fourth-order valence-corrected chi connectivity index (χ4v) is 0.917. The second-order valence-electron chi connectivity index (χ2n) is 2.17. The number of nitrogens with zero attached hydrogens (tertiary/aromatic N) is 2. The Balaban J connectivity index is 2.15. The number of hydrogen-bond acceptors (Lipinski definition) is 3. The molecule has 1 aromatic heterocycles. The molecule has 0 radical (unpaired) electrons. The van der Waals surface area contributed by atoms with Gasteiger partial charge in [-0.3, -0.25) is 9.89 Å². The Labute approximate surface area is 78.1 Å². The largest absolute Gasteiger partial charge is 0.355 e.